The number of amides is 1. The molecule has 1 fully saturated rings. The molecule has 0 unspecified atom stereocenters. The van der Waals surface area contributed by atoms with Crippen LogP contribution < -0.4 is 10.6 Å². The molecule has 2 N–H and O–H groups in total. The van der Waals surface area contributed by atoms with Gasteiger partial charge in [0.1, 0.15) is 5.82 Å². The summed E-state index contributed by atoms with van der Waals surface area (Å²) in [5.74, 6) is -1.03. The lowest BCUT2D eigenvalue weighted by Crippen LogP contribution is -2.45. The first-order chi connectivity index (χ1) is 8.18. The molecule has 0 aromatic heterocycles. The predicted octanol–water partition coefficient (Wildman–Crippen LogP) is 2.38. The molecule has 0 aliphatic carbocycles. The van der Waals surface area contributed by atoms with E-state index in [4.69, 9.17) is 11.6 Å². The van der Waals surface area contributed by atoms with Crippen molar-refractivity contribution in [2.45, 2.75) is 18.9 Å². The zero-order chi connectivity index (χ0) is 12.3. The van der Waals surface area contributed by atoms with Gasteiger partial charge in [0.05, 0.1) is 10.6 Å². The van der Waals surface area contributed by atoms with Crippen LogP contribution in [-0.2, 0) is 0 Å². The molecular formula is C12H15Cl2FN2O. The van der Waals surface area contributed by atoms with Gasteiger partial charge >= 0.3 is 0 Å². The zero-order valence-corrected chi connectivity index (χ0v) is 11.3. The van der Waals surface area contributed by atoms with E-state index in [-0.39, 0.29) is 29.0 Å². The highest BCUT2D eigenvalue weighted by Gasteiger charge is 2.20. The lowest BCUT2D eigenvalue weighted by Gasteiger charge is -2.24. The van der Waals surface area contributed by atoms with Crippen molar-refractivity contribution >= 4 is 29.9 Å². The Balaban J connectivity index is 0.00000162. The normalized spacial score (nSPS) is 18.9. The molecule has 1 aliphatic heterocycles. The van der Waals surface area contributed by atoms with Gasteiger partial charge in [-0.1, -0.05) is 17.7 Å². The van der Waals surface area contributed by atoms with Crippen LogP contribution in [0.4, 0.5) is 4.39 Å². The molecule has 1 heterocycles. The maximum absolute atomic E-state index is 13.5. The Morgan fingerprint density at radius 3 is 2.89 bits per heavy atom. The molecule has 100 valence electrons. The fraction of sp³-hybridized carbons (Fsp3) is 0.417. The Bertz CT molecular complexity index is 402. The van der Waals surface area contributed by atoms with Gasteiger partial charge in [0.2, 0.25) is 0 Å². The minimum absolute atomic E-state index is 0. The quantitative estimate of drug-likeness (QED) is 0.879. The highest BCUT2D eigenvalue weighted by Crippen LogP contribution is 2.19. The molecule has 1 aromatic carbocycles. The number of hydrogen-bond donors (Lipinski definition) is 2. The predicted molar refractivity (Wildman–Crippen MR) is 72.0 cm³/mol. The van der Waals surface area contributed by atoms with Crippen LogP contribution in [0.25, 0.3) is 0 Å². The average molecular weight is 293 g/mol. The highest BCUT2D eigenvalue weighted by molar-refractivity contribution is 6.33. The Labute approximate surface area is 116 Å². The third kappa shape index (κ3) is 3.57. The summed E-state index contributed by atoms with van der Waals surface area (Å²) >= 11 is 5.83. The van der Waals surface area contributed by atoms with Crippen LogP contribution in [0.5, 0.6) is 0 Å². The Kier molecular flexibility index (Phi) is 5.85. The minimum atomic E-state index is -0.584. The van der Waals surface area contributed by atoms with Crippen molar-refractivity contribution in [3.63, 3.8) is 0 Å². The van der Waals surface area contributed by atoms with Crippen LogP contribution in [0.15, 0.2) is 18.2 Å². The van der Waals surface area contributed by atoms with E-state index < -0.39 is 11.7 Å². The van der Waals surface area contributed by atoms with Crippen molar-refractivity contribution in [2.75, 3.05) is 13.1 Å². The summed E-state index contributed by atoms with van der Waals surface area (Å²) in [4.78, 5) is 11.9. The first-order valence-corrected chi connectivity index (χ1v) is 6.02. The van der Waals surface area contributed by atoms with Crippen molar-refractivity contribution in [1.29, 1.82) is 0 Å². The lowest BCUT2D eigenvalue weighted by molar-refractivity contribution is 0.0927. The van der Waals surface area contributed by atoms with E-state index in [1.807, 2.05) is 0 Å². The second-order valence-electron chi connectivity index (χ2n) is 4.11. The largest absolute Gasteiger partial charge is 0.348 e. The van der Waals surface area contributed by atoms with Gasteiger partial charge < -0.3 is 10.6 Å². The molecule has 6 heteroatoms. The number of halogens is 3. The highest BCUT2D eigenvalue weighted by atomic mass is 35.5. The number of benzene rings is 1. The molecule has 2 rings (SSSR count). The summed E-state index contributed by atoms with van der Waals surface area (Å²) < 4.78 is 13.5. The van der Waals surface area contributed by atoms with E-state index in [0.717, 1.165) is 25.9 Å². The first-order valence-electron chi connectivity index (χ1n) is 5.64. The van der Waals surface area contributed by atoms with E-state index in [9.17, 15) is 9.18 Å². The van der Waals surface area contributed by atoms with Crippen LogP contribution in [0.2, 0.25) is 5.02 Å². The van der Waals surface area contributed by atoms with Crippen molar-refractivity contribution in [2.24, 2.45) is 0 Å². The summed E-state index contributed by atoms with van der Waals surface area (Å²) in [6, 6.07) is 4.28. The topological polar surface area (TPSA) is 41.1 Å². The van der Waals surface area contributed by atoms with E-state index in [1.54, 1.807) is 0 Å². The van der Waals surface area contributed by atoms with Crippen molar-refractivity contribution < 1.29 is 9.18 Å². The van der Waals surface area contributed by atoms with Gasteiger partial charge in [0, 0.05) is 12.6 Å². The number of carbonyl (C=O) groups excluding carboxylic acids is 1. The Morgan fingerprint density at radius 1 is 1.50 bits per heavy atom. The summed E-state index contributed by atoms with van der Waals surface area (Å²) in [5.41, 5.74) is -0.0697. The Morgan fingerprint density at radius 2 is 2.28 bits per heavy atom. The fourth-order valence-electron chi connectivity index (χ4n) is 1.95. The van der Waals surface area contributed by atoms with E-state index in [1.165, 1.54) is 18.2 Å². The van der Waals surface area contributed by atoms with Gasteiger partial charge in [-0.05, 0) is 31.5 Å². The molecule has 1 aromatic rings. The van der Waals surface area contributed by atoms with Gasteiger partial charge in [-0.15, -0.1) is 12.4 Å². The fourth-order valence-corrected chi connectivity index (χ4v) is 2.20. The molecule has 1 aliphatic rings. The van der Waals surface area contributed by atoms with Crippen molar-refractivity contribution in [1.82, 2.24) is 10.6 Å². The molecular weight excluding hydrogens is 278 g/mol. The third-order valence-electron chi connectivity index (χ3n) is 2.82. The van der Waals surface area contributed by atoms with Crippen molar-refractivity contribution in [3.8, 4) is 0 Å². The summed E-state index contributed by atoms with van der Waals surface area (Å²) in [5, 5.41) is 6.12. The molecule has 18 heavy (non-hydrogen) atoms. The smallest absolute Gasteiger partial charge is 0.256 e. The van der Waals surface area contributed by atoms with E-state index >= 15 is 0 Å². The maximum atomic E-state index is 13.5. The third-order valence-corrected chi connectivity index (χ3v) is 3.14. The van der Waals surface area contributed by atoms with E-state index in [2.05, 4.69) is 10.6 Å². The first kappa shape index (κ1) is 15.2. The second kappa shape index (κ2) is 6.92. The Hall–Kier alpha value is -0.840. The molecule has 0 bridgehead atoms. The van der Waals surface area contributed by atoms with E-state index in [0.29, 0.717) is 0 Å². The van der Waals surface area contributed by atoms with Gasteiger partial charge in [0.25, 0.3) is 5.91 Å². The molecule has 1 amide bonds. The molecule has 1 atom stereocenters. The zero-order valence-electron chi connectivity index (χ0n) is 9.71. The van der Waals surface area contributed by atoms with Crippen LogP contribution in [0.3, 0.4) is 0 Å². The van der Waals surface area contributed by atoms with Gasteiger partial charge in [-0.2, -0.15) is 0 Å². The van der Waals surface area contributed by atoms with Gasteiger partial charge in [-0.25, -0.2) is 4.39 Å². The molecule has 1 saturated heterocycles. The SMILES string of the molecule is Cl.O=C(N[C@H]1CCCNC1)c1c(F)cccc1Cl. The van der Waals surface area contributed by atoms with Gasteiger partial charge in [0.15, 0.2) is 0 Å². The standard InChI is InChI=1S/C12H14ClFN2O.ClH/c13-9-4-1-5-10(14)11(9)12(17)16-8-3-2-6-15-7-8;/h1,4-5,8,15H,2-3,6-7H2,(H,16,17);1H/t8-;/m0./s1. The summed E-state index contributed by atoms with van der Waals surface area (Å²) in [6.45, 7) is 1.69. The number of hydrogen-bond acceptors (Lipinski definition) is 2. The number of nitrogens with one attached hydrogen (secondary N) is 2. The summed E-state index contributed by atoms with van der Waals surface area (Å²) in [6.07, 6.45) is 1.92. The average Bonchev–Trinajstić information content (AvgIpc) is 2.30. The molecule has 0 spiro atoms. The summed E-state index contributed by atoms with van der Waals surface area (Å²) in [7, 11) is 0. The number of carbonyl (C=O) groups is 1. The second-order valence-corrected chi connectivity index (χ2v) is 4.52. The molecule has 3 nitrogen and oxygen atoms in total. The lowest BCUT2D eigenvalue weighted by atomic mass is 10.1. The number of piperidine rings is 1. The minimum Gasteiger partial charge on any atom is -0.348 e. The molecule has 0 radical (unpaired) electrons. The van der Waals surface area contributed by atoms with Crippen LogP contribution in [0.1, 0.15) is 23.2 Å². The van der Waals surface area contributed by atoms with Crippen LogP contribution >= 0.6 is 24.0 Å². The monoisotopic (exact) mass is 292 g/mol. The van der Waals surface area contributed by atoms with Crippen LogP contribution in [-0.4, -0.2) is 25.0 Å². The molecule has 0 saturated carbocycles. The van der Waals surface area contributed by atoms with Crippen LogP contribution in [0, 0.1) is 5.82 Å². The van der Waals surface area contributed by atoms with Crippen molar-refractivity contribution in [3.05, 3.63) is 34.6 Å². The maximum Gasteiger partial charge on any atom is 0.256 e. The van der Waals surface area contributed by atoms with Gasteiger partial charge in [-0.3, -0.25) is 4.79 Å². The number of rotatable bonds is 2.